The highest BCUT2D eigenvalue weighted by atomic mass is 19.4. The first-order valence-electron chi connectivity index (χ1n) is 5.36. The van der Waals surface area contributed by atoms with E-state index in [2.05, 4.69) is 19.2 Å². The number of halogens is 4. The minimum Gasteiger partial charge on any atom is -0.326 e. The lowest BCUT2D eigenvalue weighted by atomic mass is 10.2. The highest BCUT2D eigenvalue weighted by molar-refractivity contribution is 5.88. The highest BCUT2D eigenvalue weighted by Crippen LogP contribution is 2.32. The molecule has 0 unspecified atom stereocenters. The average molecular weight is 265 g/mol. The summed E-state index contributed by atoms with van der Waals surface area (Å²) in [6.45, 7) is 5.40. The molecule has 0 aromatic heterocycles. The first-order valence-corrected chi connectivity index (χ1v) is 5.36. The van der Waals surface area contributed by atoms with Gasteiger partial charge in [0.2, 0.25) is 5.91 Å². The molecule has 2 nitrogen and oxygen atoms in total. The van der Waals surface area contributed by atoms with Crippen molar-refractivity contribution >= 4 is 11.6 Å². The number of carbonyl (C=O) groups excluding carboxylic acids is 1. The van der Waals surface area contributed by atoms with E-state index in [4.69, 9.17) is 0 Å². The van der Waals surface area contributed by atoms with Crippen molar-refractivity contribution in [3.8, 4) is 0 Å². The van der Waals surface area contributed by atoms with Crippen LogP contribution < -0.4 is 5.32 Å². The summed E-state index contributed by atoms with van der Waals surface area (Å²) < 4.78 is 49.4. The molecule has 0 saturated heterocycles. The molecule has 1 rings (SSSR count). The normalized spacial score (nSPS) is 10.4. The zero-order valence-electron chi connectivity index (χ0n) is 10.4. The topological polar surface area (TPSA) is 29.1 Å². The Kier molecular flexibility index (Phi) is 6.36. The van der Waals surface area contributed by atoms with Crippen LogP contribution in [-0.2, 0) is 11.0 Å². The Balaban J connectivity index is 0.000000873. The smallest absolute Gasteiger partial charge is 0.326 e. The van der Waals surface area contributed by atoms with Crippen LogP contribution in [0.15, 0.2) is 18.2 Å². The summed E-state index contributed by atoms with van der Waals surface area (Å²) in [5.41, 5.74) is -1.48. The Labute approximate surface area is 103 Å². The van der Waals surface area contributed by atoms with Gasteiger partial charge in [-0.3, -0.25) is 4.79 Å². The minimum atomic E-state index is -4.77. The fraction of sp³-hybridized carbons (Fsp3) is 0.417. The number of alkyl halides is 3. The van der Waals surface area contributed by atoms with Crippen molar-refractivity contribution in [1.82, 2.24) is 0 Å². The second-order valence-corrected chi connectivity index (χ2v) is 3.58. The molecule has 1 aromatic carbocycles. The van der Waals surface area contributed by atoms with E-state index in [9.17, 15) is 22.4 Å². The van der Waals surface area contributed by atoms with E-state index < -0.39 is 23.5 Å². The first kappa shape index (κ1) is 16.4. The van der Waals surface area contributed by atoms with E-state index >= 15 is 0 Å². The molecule has 1 amide bonds. The van der Waals surface area contributed by atoms with Gasteiger partial charge in [-0.25, -0.2) is 4.39 Å². The molecular weight excluding hydrogens is 250 g/mol. The van der Waals surface area contributed by atoms with Gasteiger partial charge in [-0.15, -0.1) is 0 Å². The molecule has 0 aliphatic carbocycles. The second-order valence-electron chi connectivity index (χ2n) is 3.58. The van der Waals surface area contributed by atoms with Crippen LogP contribution in [0.5, 0.6) is 0 Å². The molecule has 1 N–H and O–H groups in total. The fourth-order valence-corrected chi connectivity index (χ4v) is 1.02. The summed E-state index contributed by atoms with van der Waals surface area (Å²) in [5, 5.41) is 2.14. The Hall–Kier alpha value is -1.59. The molecule has 0 fully saturated rings. The molecule has 0 spiro atoms. The van der Waals surface area contributed by atoms with Crippen LogP contribution in [0.4, 0.5) is 23.2 Å². The summed E-state index contributed by atoms with van der Waals surface area (Å²) in [6.07, 6.45) is -3.52. The molecule has 0 atom stereocenters. The van der Waals surface area contributed by atoms with Gasteiger partial charge in [0.05, 0.1) is 5.56 Å². The van der Waals surface area contributed by atoms with Gasteiger partial charge in [0.1, 0.15) is 5.82 Å². The van der Waals surface area contributed by atoms with Gasteiger partial charge in [-0.05, 0) is 18.2 Å². The molecule has 0 aliphatic heterocycles. The van der Waals surface area contributed by atoms with E-state index in [0.717, 1.165) is 13.0 Å². The number of carbonyl (C=O) groups is 1. The Morgan fingerprint density at radius 3 is 2.17 bits per heavy atom. The van der Waals surface area contributed by atoms with Gasteiger partial charge >= 0.3 is 6.18 Å². The third kappa shape index (κ3) is 5.65. The lowest BCUT2D eigenvalue weighted by Crippen LogP contribution is -2.11. The van der Waals surface area contributed by atoms with Crippen molar-refractivity contribution in [2.45, 2.75) is 33.4 Å². The summed E-state index contributed by atoms with van der Waals surface area (Å²) in [7, 11) is 0. The Bertz CT molecular complexity index is 402. The molecule has 0 aliphatic rings. The predicted molar refractivity (Wildman–Crippen MR) is 61.7 cm³/mol. The number of anilines is 1. The lowest BCUT2D eigenvalue weighted by Gasteiger charge is -2.09. The maximum Gasteiger partial charge on any atom is 0.419 e. The predicted octanol–water partition coefficient (Wildman–Crippen LogP) is 4.22. The van der Waals surface area contributed by atoms with Gasteiger partial charge in [-0.2, -0.15) is 13.2 Å². The maximum atomic E-state index is 12.8. The fourth-order valence-electron chi connectivity index (χ4n) is 1.02. The van der Waals surface area contributed by atoms with Gasteiger partial charge in [0, 0.05) is 12.6 Å². The van der Waals surface area contributed by atoms with Crippen LogP contribution in [0.25, 0.3) is 0 Å². The molecule has 0 radical (unpaired) electrons. The van der Waals surface area contributed by atoms with E-state index in [1.165, 1.54) is 6.42 Å². The average Bonchev–Trinajstić information content (AvgIpc) is 2.19. The SMILES string of the molecule is CC(=O)Nc1ccc(F)c(C(F)(F)F)c1.CCC. The van der Waals surface area contributed by atoms with E-state index in [-0.39, 0.29) is 5.69 Å². The largest absolute Gasteiger partial charge is 0.419 e. The quantitative estimate of drug-likeness (QED) is 0.757. The minimum absolute atomic E-state index is 0.0868. The summed E-state index contributed by atoms with van der Waals surface area (Å²) in [5.74, 6) is -1.88. The molecule has 1 aromatic rings. The highest BCUT2D eigenvalue weighted by Gasteiger charge is 2.34. The van der Waals surface area contributed by atoms with E-state index in [1.807, 2.05) is 0 Å². The van der Waals surface area contributed by atoms with Crippen LogP contribution in [0, 0.1) is 5.82 Å². The molecule has 6 heteroatoms. The zero-order valence-corrected chi connectivity index (χ0v) is 10.4. The number of nitrogens with one attached hydrogen (secondary N) is 1. The van der Waals surface area contributed by atoms with Crippen molar-refractivity contribution < 1.29 is 22.4 Å². The maximum absolute atomic E-state index is 12.8. The number of benzene rings is 1. The summed E-state index contributed by atoms with van der Waals surface area (Å²) >= 11 is 0. The Morgan fingerprint density at radius 2 is 1.78 bits per heavy atom. The van der Waals surface area contributed by atoms with Crippen molar-refractivity contribution in [3.63, 3.8) is 0 Å². The van der Waals surface area contributed by atoms with Crippen molar-refractivity contribution in [1.29, 1.82) is 0 Å². The van der Waals surface area contributed by atoms with Crippen LogP contribution in [0.3, 0.4) is 0 Å². The first-order chi connectivity index (χ1) is 8.22. The van der Waals surface area contributed by atoms with Crippen LogP contribution in [0.2, 0.25) is 0 Å². The monoisotopic (exact) mass is 265 g/mol. The molecule has 102 valence electrons. The van der Waals surface area contributed by atoms with E-state index in [0.29, 0.717) is 12.1 Å². The molecular formula is C12H15F4NO. The Morgan fingerprint density at radius 1 is 1.28 bits per heavy atom. The molecule has 0 bridgehead atoms. The number of hydrogen-bond donors (Lipinski definition) is 1. The third-order valence-corrected chi connectivity index (χ3v) is 1.59. The van der Waals surface area contributed by atoms with Gasteiger partial charge in [0.25, 0.3) is 0 Å². The second kappa shape index (κ2) is 6.98. The zero-order chi connectivity index (χ0) is 14.3. The van der Waals surface area contributed by atoms with Crippen molar-refractivity contribution in [2.24, 2.45) is 0 Å². The van der Waals surface area contributed by atoms with Crippen LogP contribution in [-0.4, -0.2) is 5.91 Å². The molecule has 0 heterocycles. The van der Waals surface area contributed by atoms with Crippen molar-refractivity contribution in [3.05, 3.63) is 29.6 Å². The van der Waals surface area contributed by atoms with Crippen LogP contribution in [0.1, 0.15) is 32.8 Å². The van der Waals surface area contributed by atoms with E-state index in [1.54, 1.807) is 0 Å². The van der Waals surface area contributed by atoms with Crippen molar-refractivity contribution in [2.75, 3.05) is 5.32 Å². The molecule has 0 saturated carbocycles. The number of amides is 1. The van der Waals surface area contributed by atoms with Gasteiger partial charge in [0.15, 0.2) is 0 Å². The van der Waals surface area contributed by atoms with Gasteiger partial charge in [-0.1, -0.05) is 20.3 Å². The molecule has 18 heavy (non-hydrogen) atoms. The lowest BCUT2D eigenvalue weighted by molar-refractivity contribution is -0.140. The summed E-state index contributed by atoms with van der Waals surface area (Å²) in [6, 6.07) is 2.27. The number of rotatable bonds is 1. The number of hydrogen-bond acceptors (Lipinski definition) is 1. The summed E-state index contributed by atoms with van der Waals surface area (Å²) in [4.78, 5) is 10.6. The van der Waals surface area contributed by atoms with Crippen LogP contribution >= 0.6 is 0 Å². The standard InChI is InChI=1S/C9H7F4NO.C3H8/c1-5(15)14-6-2-3-8(10)7(4-6)9(11,12)13;1-3-2/h2-4H,1H3,(H,14,15);3H2,1-2H3. The van der Waals surface area contributed by atoms with Gasteiger partial charge < -0.3 is 5.32 Å². The third-order valence-electron chi connectivity index (χ3n) is 1.59.